The molecule has 1 saturated heterocycles. The minimum atomic E-state index is -1.30. The summed E-state index contributed by atoms with van der Waals surface area (Å²) < 4.78 is 54.8. The van der Waals surface area contributed by atoms with Gasteiger partial charge in [-0.2, -0.15) is 0 Å². The third kappa shape index (κ3) is 13.6. The fourth-order valence-corrected chi connectivity index (χ4v) is 2.19. The van der Waals surface area contributed by atoms with E-state index < -0.39 is 25.2 Å². The number of nitrogens with zero attached hydrogens (tertiary/aromatic N) is 2. The van der Waals surface area contributed by atoms with Gasteiger partial charge in [0.05, 0.1) is 0 Å². The Labute approximate surface area is 175 Å². The fraction of sp³-hybridized carbons (Fsp3) is 0.929. The van der Waals surface area contributed by atoms with Crippen LogP contribution in [0.4, 0.5) is 17.6 Å². The molecule has 4 nitrogen and oxygen atoms in total. The van der Waals surface area contributed by atoms with Crippen molar-refractivity contribution in [2.45, 2.75) is 44.6 Å². The van der Waals surface area contributed by atoms with Gasteiger partial charge in [-0.15, -0.1) is 6.42 Å². The SMILES string of the molecule is CN1CCC(F)N(C)CCC(F)NCCC(F)NCC[C-]1F.[Cl-].[Cl-].[Ti+3]. The average Bonchev–Trinajstić information content (AvgIpc) is 2.48. The second-order valence-electron chi connectivity index (χ2n) is 5.67. The average molecular weight is 446 g/mol. The van der Waals surface area contributed by atoms with Crippen LogP contribution < -0.4 is 35.4 Å². The van der Waals surface area contributed by atoms with Crippen LogP contribution in [0.15, 0.2) is 0 Å². The Morgan fingerprint density at radius 3 is 2.08 bits per heavy atom. The van der Waals surface area contributed by atoms with E-state index in [1.165, 1.54) is 9.80 Å². The molecule has 3 atom stereocenters. The van der Waals surface area contributed by atoms with Gasteiger partial charge in [-0.25, -0.2) is 13.2 Å². The first-order chi connectivity index (χ1) is 10.4. The minimum Gasteiger partial charge on any atom is -1.00 e. The summed E-state index contributed by atoms with van der Waals surface area (Å²) in [6, 6.07) is 0. The molecule has 2 N–H and O–H groups in total. The van der Waals surface area contributed by atoms with Crippen molar-refractivity contribution >= 4 is 0 Å². The first-order valence-electron chi connectivity index (χ1n) is 7.72. The standard InChI is InChI=1S/C14H27F4N4.2ClH.Ti/c1-21-9-5-12(16)19-7-3-11(15)20-8-4-13(17)22(2)10-6-14(21)18;;;/h11-12,14,19-20H,3-10H2,1-2H3;2*1H;/q-1;;;+3/p-2. The van der Waals surface area contributed by atoms with Crippen molar-refractivity contribution < 1.29 is 64.1 Å². The summed E-state index contributed by atoms with van der Waals surface area (Å²) in [7, 11) is 3.11. The van der Waals surface area contributed by atoms with E-state index in [0.717, 1.165) is 0 Å². The van der Waals surface area contributed by atoms with Gasteiger partial charge in [0.15, 0.2) is 18.9 Å². The van der Waals surface area contributed by atoms with Crippen LogP contribution >= 0.6 is 0 Å². The Balaban J connectivity index is -0.00000161. The zero-order valence-electron chi connectivity index (χ0n) is 14.6. The van der Waals surface area contributed by atoms with E-state index in [-0.39, 0.29) is 98.4 Å². The van der Waals surface area contributed by atoms with Crippen LogP contribution in [0.3, 0.4) is 0 Å². The molecule has 1 heterocycles. The second kappa shape index (κ2) is 17.0. The van der Waals surface area contributed by atoms with Crippen LogP contribution in [0, 0.1) is 6.30 Å². The van der Waals surface area contributed by atoms with Crippen molar-refractivity contribution in [3.8, 4) is 0 Å². The molecule has 0 aliphatic carbocycles. The molecule has 149 valence electrons. The maximum absolute atomic E-state index is 13.9. The number of nitrogens with one attached hydrogen (secondary N) is 2. The van der Waals surface area contributed by atoms with Crippen LogP contribution in [0.1, 0.15) is 25.7 Å². The summed E-state index contributed by atoms with van der Waals surface area (Å²) in [4.78, 5) is 2.74. The third-order valence-corrected chi connectivity index (χ3v) is 3.79. The molecule has 1 radical (unpaired) electrons. The largest absolute Gasteiger partial charge is 3.00 e. The van der Waals surface area contributed by atoms with Crippen LogP contribution in [0.2, 0.25) is 0 Å². The van der Waals surface area contributed by atoms with Gasteiger partial charge in [-0.05, 0) is 27.2 Å². The van der Waals surface area contributed by atoms with Gasteiger partial charge in [-0.1, -0.05) is 6.30 Å². The topological polar surface area (TPSA) is 30.5 Å². The van der Waals surface area contributed by atoms with Crippen LogP contribution in [0.25, 0.3) is 0 Å². The second-order valence-corrected chi connectivity index (χ2v) is 5.67. The summed E-state index contributed by atoms with van der Waals surface area (Å²) in [5.74, 6) is 0. The van der Waals surface area contributed by atoms with Crippen molar-refractivity contribution in [2.24, 2.45) is 0 Å². The molecule has 0 aromatic rings. The predicted octanol–water partition coefficient (Wildman–Crippen LogP) is -4.05. The monoisotopic (exact) mass is 445 g/mol. The van der Waals surface area contributed by atoms with Crippen molar-refractivity contribution in [1.82, 2.24) is 20.4 Å². The number of halogens is 6. The molecule has 0 saturated carbocycles. The molecule has 1 fully saturated rings. The summed E-state index contributed by atoms with van der Waals surface area (Å²) >= 11 is 0. The normalized spacial score (nSPS) is 29.8. The molecular formula is C14H27Cl2F4N4Ti. The fourth-order valence-electron chi connectivity index (χ4n) is 2.19. The Kier molecular flexibility index (Phi) is 20.8. The van der Waals surface area contributed by atoms with E-state index in [1.807, 2.05) is 0 Å². The number of rotatable bonds is 0. The minimum absolute atomic E-state index is 0. The van der Waals surface area contributed by atoms with E-state index in [9.17, 15) is 17.6 Å². The molecular weight excluding hydrogens is 419 g/mol. The van der Waals surface area contributed by atoms with Crippen molar-refractivity contribution in [1.29, 1.82) is 0 Å². The molecule has 0 amide bonds. The smallest absolute Gasteiger partial charge is 1.00 e. The van der Waals surface area contributed by atoms with Gasteiger partial charge in [0, 0.05) is 32.4 Å². The zero-order chi connectivity index (χ0) is 16.5. The summed E-state index contributed by atoms with van der Waals surface area (Å²) in [6.45, 7) is 0.774. The molecule has 1 rings (SSSR count). The molecule has 1 aliphatic rings. The number of hydrogen-bond donors (Lipinski definition) is 2. The Hall–Kier alpha value is 0.854. The van der Waals surface area contributed by atoms with Gasteiger partial charge < -0.3 is 34.1 Å². The first kappa shape index (κ1) is 30.6. The van der Waals surface area contributed by atoms with Gasteiger partial charge in [0.2, 0.25) is 0 Å². The number of hydrogen-bond acceptors (Lipinski definition) is 4. The van der Waals surface area contributed by atoms with Gasteiger partial charge in [-0.3, -0.25) is 15.5 Å². The van der Waals surface area contributed by atoms with E-state index in [2.05, 4.69) is 10.6 Å². The summed E-state index contributed by atoms with van der Waals surface area (Å²) in [5, 5.41) is 5.11. The van der Waals surface area contributed by atoms with E-state index in [0.29, 0.717) is 0 Å². The molecule has 3 unspecified atom stereocenters. The molecule has 0 aromatic carbocycles. The molecule has 0 bridgehead atoms. The summed E-state index contributed by atoms with van der Waals surface area (Å²) in [5.41, 5.74) is 0. The first-order valence-corrected chi connectivity index (χ1v) is 7.72. The maximum atomic E-state index is 13.9. The van der Waals surface area contributed by atoms with Crippen molar-refractivity contribution in [3.63, 3.8) is 0 Å². The van der Waals surface area contributed by atoms with Gasteiger partial charge >= 0.3 is 21.7 Å². The molecule has 0 aromatic heterocycles. The Morgan fingerprint density at radius 2 is 1.44 bits per heavy atom. The van der Waals surface area contributed by atoms with Crippen LogP contribution in [0.5, 0.6) is 0 Å². The molecule has 1 aliphatic heterocycles. The van der Waals surface area contributed by atoms with E-state index in [4.69, 9.17) is 0 Å². The quantitative estimate of drug-likeness (QED) is 0.172. The summed E-state index contributed by atoms with van der Waals surface area (Å²) in [6.07, 6.45) is -3.84. The van der Waals surface area contributed by atoms with E-state index >= 15 is 0 Å². The van der Waals surface area contributed by atoms with Crippen molar-refractivity contribution in [2.75, 3.05) is 40.3 Å². The van der Waals surface area contributed by atoms with Gasteiger partial charge in [0.1, 0.15) is 0 Å². The zero-order valence-corrected chi connectivity index (χ0v) is 17.6. The van der Waals surface area contributed by atoms with Gasteiger partial charge in [0.25, 0.3) is 0 Å². The van der Waals surface area contributed by atoms with Crippen molar-refractivity contribution in [3.05, 3.63) is 6.30 Å². The van der Waals surface area contributed by atoms with Crippen LogP contribution in [-0.4, -0.2) is 69.0 Å². The Morgan fingerprint density at radius 1 is 0.880 bits per heavy atom. The van der Waals surface area contributed by atoms with E-state index in [1.54, 1.807) is 14.1 Å². The third-order valence-electron chi connectivity index (χ3n) is 3.79. The maximum Gasteiger partial charge on any atom is 3.00 e. The molecule has 11 heteroatoms. The molecule has 0 spiro atoms. The Bertz CT molecular complexity index is 314. The predicted molar refractivity (Wildman–Crippen MR) is 78.8 cm³/mol. The molecule has 25 heavy (non-hydrogen) atoms. The number of alkyl halides is 3. The van der Waals surface area contributed by atoms with Crippen LogP contribution in [-0.2, 0) is 21.7 Å².